The Labute approximate surface area is 105 Å². The first kappa shape index (κ1) is 12.3. The van der Waals surface area contributed by atoms with Gasteiger partial charge in [0.25, 0.3) is 0 Å². The summed E-state index contributed by atoms with van der Waals surface area (Å²) in [6.07, 6.45) is 5.61. The smallest absolute Gasteiger partial charge is 0.210 e. The van der Waals surface area contributed by atoms with Crippen LogP contribution in [0.5, 0.6) is 0 Å². The number of nitrogens with one attached hydrogen (secondary N) is 1. The van der Waals surface area contributed by atoms with Gasteiger partial charge in [0.1, 0.15) is 5.84 Å². The number of thioether (sulfide) groups is 1. The van der Waals surface area contributed by atoms with E-state index in [1.54, 1.807) is 0 Å². The van der Waals surface area contributed by atoms with Crippen molar-refractivity contribution < 1.29 is 0 Å². The maximum atomic E-state index is 7.51. The van der Waals surface area contributed by atoms with E-state index in [-0.39, 0.29) is 11.1 Å². The molecule has 3 N–H and O–H groups in total. The van der Waals surface area contributed by atoms with Crippen LogP contribution < -0.4 is 5.73 Å². The highest BCUT2D eigenvalue weighted by molar-refractivity contribution is 8.00. The lowest BCUT2D eigenvalue weighted by atomic mass is 10.3. The SMILES string of the molecule is CCC(Sc1nnnn1C1CCCC1)C(=N)N. The summed E-state index contributed by atoms with van der Waals surface area (Å²) in [7, 11) is 0. The minimum absolute atomic E-state index is 0.0267. The van der Waals surface area contributed by atoms with Gasteiger partial charge in [-0.2, -0.15) is 0 Å². The average Bonchev–Trinajstić information content (AvgIpc) is 2.95. The van der Waals surface area contributed by atoms with Gasteiger partial charge in [0, 0.05) is 0 Å². The van der Waals surface area contributed by atoms with Crippen molar-refractivity contribution in [1.29, 1.82) is 5.41 Å². The van der Waals surface area contributed by atoms with Crippen molar-refractivity contribution in [3.63, 3.8) is 0 Å². The Kier molecular flexibility index (Phi) is 3.98. The van der Waals surface area contributed by atoms with Crippen molar-refractivity contribution in [3.8, 4) is 0 Å². The van der Waals surface area contributed by atoms with Gasteiger partial charge < -0.3 is 5.73 Å². The normalized spacial score (nSPS) is 18.4. The fourth-order valence-corrected chi connectivity index (χ4v) is 3.06. The summed E-state index contributed by atoms with van der Waals surface area (Å²) in [5.41, 5.74) is 5.55. The Hall–Kier alpha value is -1.11. The number of hydrogen-bond acceptors (Lipinski definition) is 5. The Morgan fingerprint density at radius 2 is 2.29 bits per heavy atom. The summed E-state index contributed by atoms with van der Waals surface area (Å²) in [4.78, 5) is 0. The van der Waals surface area contributed by atoms with Crippen LogP contribution in [-0.4, -0.2) is 31.3 Å². The van der Waals surface area contributed by atoms with Crippen LogP contribution in [0.4, 0.5) is 0 Å². The fraction of sp³-hybridized carbons (Fsp3) is 0.800. The van der Waals surface area contributed by atoms with Gasteiger partial charge >= 0.3 is 0 Å². The molecule has 1 heterocycles. The van der Waals surface area contributed by atoms with Gasteiger partial charge in [0.15, 0.2) is 0 Å². The molecule has 0 spiro atoms. The number of aromatic nitrogens is 4. The fourth-order valence-electron chi connectivity index (χ4n) is 2.14. The minimum atomic E-state index is -0.0267. The van der Waals surface area contributed by atoms with Crippen LogP contribution in [0, 0.1) is 5.41 Å². The second-order valence-electron chi connectivity index (χ2n) is 4.31. The second-order valence-corrected chi connectivity index (χ2v) is 5.48. The van der Waals surface area contributed by atoms with Crippen LogP contribution in [-0.2, 0) is 0 Å². The predicted octanol–water partition coefficient (Wildman–Crippen LogP) is 1.59. The molecular weight excluding hydrogens is 236 g/mol. The lowest BCUT2D eigenvalue weighted by Crippen LogP contribution is -2.25. The van der Waals surface area contributed by atoms with Crippen molar-refractivity contribution >= 4 is 17.6 Å². The molecule has 0 bridgehead atoms. The second kappa shape index (κ2) is 5.48. The van der Waals surface area contributed by atoms with E-state index in [2.05, 4.69) is 15.5 Å². The molecule has 0 amide bonds. The highest BCUT2D eigenvalue weighted by Gasteiger charge is 2.23. The number of nitrogens with two attached hydrogens (primary N) is 1. The van der Waals surface area contributed by atoms with E-state index in [1.807, 2.05) is 11.6 Å². The van der Waals surface area contributed by atoms with Crippen LogP contribution in [0.15, 0.2) is 5.16 Å². The zero-order valence-corrected chi connectivity index (χ0v) is 10.8. The molecule has 1 fully saturated rings. The molecule has 0 radical (unpaired) electrons. The Balaban J connectivity index is 2.10. The summed E-state index contributed by atoms with van der Waals surface area (Å²) in [6, 6.07) is 0.428. The van der Waals surface area contributed by atoms with E-state index >= 15 is 0 Å². The number of amidine groups is 1. The van der Waals surface area contributed by atoms with Crippen LogP contribution in [0.2, 0.25) is 0 Å². The van der Waals surface area contributed by atoms with E-state index < -0.39 is 0 Å². The van der Waals surface area contributed by atoms with Crippen molar-refractivity contribution in [2.24, 2.45) is 5.73 Å². The molecule has 6 nitrogen and oxygen atoms in total. The number of tetrazole rings is 1. The Bertz CT molecular complexity index is 384. The molecule has 1 aliphatic carbocycles. The number of hydrogen-bond donors (Lipinski definition) is 2. The molecule has 1 aromatic heterocycles. The summed E-state index contributed by atoms with van der Waals surface area (Å²) < 4.78 is 1.91. The van der Waals surface area contributed by atoms with Gasteiger partial charge in [0.05, 0.1) is 11.3 Å². The molecule has 0 aromatic carbocycles. The first-order chi connectivity index (χ1) is 8.22. The summed E-state index contributed by atoms with van der Waals surface area (Å²) in [6.45, 7) is 2.02. The molecule has 1 atom stereocenters. The topological polar surface area (TPSA) is 93.5 Å². The number of nitrogens with zero attached hydrogens (tertiary/aromatic N) is 4. The zero-order valence-electron chi connectivity index (χ0n) is 9.96. The third kappa shape index (κ3) is 2.77. The van der Waals surface area contributed by atoms with Crippen molar-refractivity contribution in [3.05, 3.63) is 0 Å². The zero-order chi connectivity index (χ0) is 12.3. The van der Waals surface area contributed by atoms with E-state index in [0.29, 0.717) is 6.04 Å². The van der Waals surface area contributed by atoms with Gasteiger partial charge in [-0.3, -0.25) is 5.41 Å². The summed E-state index contributed by atoms with van der Waals surface area (Å²) in [5.74, 6) is 0.193. The van der Waals surface area contributed by atoms with E-state index in [4.69, 9.17) is 11.1 Å². The Morgan fingerprint density at radius 1 is 1.59 bits per heavy atom. The highest BCUT2D eigenvalue weighted by Crippen LogP contribution is 2.32. The van der Waals surface area contributed by atoms with Gasteiger partial charge in [0.2, 0.25) is 5.16 Å². The maximum Gasteiger partial charge on any atom is 0.210 e. The first-order valence-electron chi connectivity index (χ1n) is 6.00. The van der Waals surface area contributed by atoms with Gasteiger partial charge in [-0.25, -0.2) is 4.68 Å². The average molecular weight is 254 g/mol. The predicted molar refractivity (Wildman–Crippen MR) is 67.2 cm³/mol. The first-order valence-corrected chi connectivity index (χ1v) is 6.88. The minimum Gasteiger partial charge on any atom is -0.387 e. The standard InChI is InChI=1S/C10H18N6S/c1-2-8(9(11)12)17-10-13-14-15-16(10)7-5-3-4-6-7/h7-8H,2-6H2,1H3,(H3,11,12). The molecule has 2 rings (SSSR count). The van der Waals surface area contributed by atoms with E-state index in [1.165, 1.54) is 24.6 Å². The summed E-state index contributed by atoms with van der Waals surface area (Å²) >= 11 is 1.49. The monoisotopic (exact) mass is 254 g/mol. The Morgan fingerprint density at radius 3 is 2.88 bits per heavy atom. The molecule has 1 unspecified atom stereocenters. The molecule has 1 saturated carbocycles. The molecule has 1 aliphatic rings. The quantitative estimate of drug-likeness (QED) is 0.473. The van der Waals surface area contributed by atoms with Crippen LogP contribution in [0.3, 0.4) is 0 Å². The lowest BCUT2D eigenvalue weighted by molar-refractivity contribution is 0.423. The van der Waals surface area contributed by atoms with Crippen LogP contribution in [0.25, 0.3) is 0 Å². The van der Waals surface area contributed by atoms with Gasteiger partial charge in [-0.05, 0) is 29.7 Å². The largest absolute Gasteiger partial charge is 0.387 e. The molecule has 7 heteroatoms. The molecule has 0 saturated heterocycles. The molecular formula is C10H18N6S. The molecule has 0 aliphatic heterocycles. The molecule has 1 aromatic rings. The van der Waals surface area contributed by atoms with Crippen LogP contribution in [0.1, 0.15) is 45.1 Å². The van der Waals surface area contributed by atoms with E-state index in [9.17, 15) is 0 Å². The highest BCUT2D eigenvalue weighted by atomic mass is 32.2. The van der Waals surface area contributed by atoms with Crippen molar-refractivity contribution in [2.45, 2.75) is 55.5 Å². The van der Waals surface area contributed by atoms with Crippen molar-refractivity contribution in [2.75, 3.05) is 0 Å². The third-order valence-corrected chi connectivity index (χ3v) is 4.45. The number of rotatable bonds is 5. The maximum absolute atomic E-state index is 7.51. The van der Waals surface area contributed by atoms with E-state index in [0.717, 1.165) is 24.4 Å². The lowest BCUT2D eigenvalue weighted by Gasteiger charge is -2.14. The van der Waals surface area contributed by atoms with Gasteiger partial charge in [-0.15, -0.1) is 5.10 Å². The molecule has 94 valence electrons. The van der Waals surface area contributed by atoms with Crippen molar-refractivity contribution in [1.82, 2.24) is 20.2 Å². The third-order valence-electron chi connectivity index (χ3n) is 3.10. The van der Waals surface area contributed by atoms with Gasteiger partial charge in [-0.1, -0.05) is 31.5 Å². The van der Waals surface area contributed by atoms with Crippen LogP contribution >= 0.6 is 11.8 Å². The molecule has 17 heavy (non-hydrogen) atoms. The summed E-state index contributed by atoms with van der Waals surface area (Å²) in [5, 5.41) is 20.1.